The van der Waals surface area contributed by atoms with E-state index in [1.165, 1.54) is 7.11 Å². The molecule has 86 heavy (non-hydrogen) atoms. The first-order valence-corrected chi connectivity index (χ1v) is 30.9. The number of Topliss-reactive ketones (excluding diaryl/α,β-unsaturated/α-hetero) is 2. The fraction of sp³-hybridized carbons (Fsp3) is 0.790. The summed E-state index contributed by atoms with van der Waals surface area (Å²) in [4.78, 5) is 74.4. The molecule has 4 rings (SSSR count). The summed E-state index contributed by atoms with van der Waals surface area (Å²) in [5, 5.41) is 41.5. The van der Waals surface area contributed by atoms with Gasteiger partial charge in [-0.25, -0.2) is 9.59 Å². The fourth-order valence-corrected chi connectivity index (χ4v) is 11.6. The van der Waals surface area contributed by atoms with E-state index >= 15 is 0 Å². The van der Waals surface area contributed by atoms with Gasteiger partial charge in [0.1, 0.15) is 30.5 Å². The maximum Gasteiger partial charge on any atom is 0.407 e. The van der Waals surface area contributed by atoms with Crippen molar-refractivity contribution in [3.05, 3.63) is 58.0 Å². The molecule has 2 unspecified atom stereocenters. The Balaban J connectivity index is 1.51. The van der Waals surface area contributed by atoms with Gasteiger partial charge < -0.3 is 78.6 Å². The molecule has 16 atom stereocenters. The fourth-order valence-electron chi connectivity index (χ4n) is 11.6. The lowest BCUT2D eigenvalue weighted by Gasteiger charge is -2.43. The lowest BCUT2D eigenvalue weighted by molar-refractivity contribution is -0.265. The Kier molecular flexibility index (Phi) is 33.8. The molecule has 6 N–H and O–H groups in total. The average molecular weight is 1220 g/mol. The van der Waals surface area contributed by atoms with Crippen LogP contribution in [-0.2, 0) is 66.5 Å². The van der Waals surface area contributed by atoms with Crippen molar-refractivity contribution in [3.8, 4) is 0 Å². The standard InChI is InChI=1S/C62H102N6O18/c1-10-79-26-27-81-30-31-83-33-32-82-29-28-80-25-23-65-61(75)85-51-22-20-46(37-54(51)78-9)36-48(63)53-39-49(66-67-64)42(4)35-44(6)56(70)57(71)55(69)43(5)34-40(2)16-12-11-13-17-41(3)52(77-8)38-47-21-19-45(7)62(76,86-47)58(72)59(73)68-24-15-14-18-50(68)60(74)84-53/h11-13,16-17,35,40,42-43,45-54,56-57,70-71,76H,10,14-15,18-34,36-39,63H2,1-9H3,(H,65,75)/b13-11+,16-12+,41-17+,44-35+/t40-,42-,43-,45-,46?,47+,48-,49?,50+,51-,52+,53+,54-,56-,57+,62-/m1/s1. The number of allylic oxidation sites excluding steroid dienone is 5. The summed E-state index contributed by atoms with van der Waals surface area (Å²) >= 11 is 0. The molecule has 3 heterocycles. The molecule has 0 aromatic carbocycles. The zero-order valence-electron chi connectivity index (χ0n) is 52.4. The summed E-state index contributed by atoms with van der Waals surface area (Å²) in [6, 6.07) is -3.12. The van der Waals surface area contributed by atoms with Gasteiger partial charge in [-0.2, -0.15) is 0 Å². The van der Waals surface area contributed by atoms with Crippen molar-refractivity contribution < 1.29 is 86.7 Å². The highest BCUT2D eigenvalue weighted by Gasteiger charge is 2.53. The van der Waals surface area contributed by atoms with E-state index in [-0.39, 0.29) is 62.8 Å². The normalized spacial score (nSPS) is 34.0. The van der Waals surface area contributed by atoms with Gasteiger partial charge in [-0.1, -0.05) is 69.3 Å². The summed E-state index contributed by atoms with van der Waals surface area (Å²) in [6.45, 7) is 17.0. The number of aliphatic hydroxyl groups is 3. The molecule has 0 aromatic heterocycles. The predicted octanol–water partition coefficient (Wildman–Crippen LogP) is 6.16. The summed E-state index contributed by atoms with van der Waals surface area (Å²) in [5.74, 6) is -8.43. The number of ether oxygens (including phenoxy) is 10. The quantitative estimate of drug-likeness (QED) is 0.0145. The van der Waals surface area contributed by atoms with Crippen LogP contribution in [0.3, 0.4) is 0 Å². The van der Waals surface area contributed by atoms with E-state index in [1.54, 1.807) is 40.9 Å². The number of alkyl carbamates (subject to hydrolysis) is 1. The minimum Gasteiger partial charge on any atom is -0.459 e. The maximum atomic E-state index is 14.7. The van der Waals surface area contributed by atoms with E-state index in [0.717, 1.165) is 10.5 Å². The zero-order chi connectivity index (χ0) is 63.2. The lowest BCUT2D eigenvalue weighted by Crippen LogP contribution is -2.61. The van der Waals surface area contributed by atoms with Crippen LogP contribution >= 0.6 is 0 Å². The molecule has 1 saturated carbocycles. The van der Waals surface area contributed by atoms with Crippen molar-refractivity contribution in [1.29, 1.82) is 0 Å². The second-order valence-corrected chi connectivity index (χ2v) is 23.4. The maximum absolute atomic E-state index is 14.7. The first-order chi connectivity index (χ1) is 41.2. The number of methoxy groups -OCH3 is 2. The summed E-state index contributed by atoms with van der Waals surface area (Å²) in [5.41, 5.74) is 18.1. The molecule has 0 aromatic rings. The first-order valence-electron chi connectivity index (χ1n) is 30.9. The molecule has 3 aliphatic heterocycles. The monoisotopic (exact) mass is 1220 g/mol. The number of rotatable bonds is 23. The van der Waals surface area contributed by atoms with Crippen LogP contribution in [0.2, 0.25) is 0 Å². The van der Waals surface area contributed by atoms with Crippen LogP contribution in [-0.4, -0.2) is 210 Å². The third kappa shape index (κ3) is 24.0. The van der Waals surface area contributed by atoms with Crippen molar-refractivity contribution in [3.63, 3.8) is 0 Å². The number of azide groups is 1. The van der Waals surface area contributed by atoms with Gasteiger partial charge in [0.05, 0.1) is 77.8 Å². The number of nitrogens with one attached hydrogen (secondary N) is 1. The van der Waals surface area contributed by atoms with Crippen molar-refractivity contribution in [2.75, 3.05) is 93.4 Å². The minimum atomic E-state index is -2.50. The van der Waals surface area contributed by atoms with E-state index in [4.69, 9.17) is 53.1 Å². The van der Waals surface area contributed by atoms with E-state index in [1.807, 2.05) is 51.2 Å². The number of carbonyl (C=O) groups excluding carboxylic acids is 5. The van der Waals surface area contributed by atoms with Gasteiger partial charge in [0.25, 0.3) is 11.7 Å². The number of carbonyl (C=O) groups is 5. The molecular weight excluding hydrogens is 1120 g/mol. The molecule has 2 amide bonds. The number of ketones is 2. The van der Waals surface area contributed by atoms with Crippen molar-refractivity contribution in [2.45, 2.75) is 192 Å². The Labute approximate surface area is 508 Å². The van der Waals surface area contributed by atoms with Crippen LogP contribution in [0.5, 0.6) is 0 Å². The molecule has 1 aliphatic carbocycles. The Hall–Kier alpha value is -4.66. The predicted molar refractivity (Wildman–Crippen MR) is 319 cm³/mol. The van der Waals surface area contributed by atoms with Gasteiger partial charge in [0.2, 0.25) is 5.79 Å². The zero-order valence-corrected chi connectivity index (χ0v) is 52.4. The molecule has 3 fully saturated rings. The van der Waals surface area contributed by atoms with Crippen LogP contribution in [0.4, 0.5) is 4.79 Å². The highest BCUT2D eigenvalue weighted by atomic mass is 16.6. The van der Waals surface area contributed by atoms with E-state index in [0.29, 0.717) is 111 Å². The number of hydrogen-bond donors (Lipinski definition) is 5. The van der Waals surface area contributed by atoms with Crippen molar-refractivity contribution in [2.24, 2.45) is 40.4 Å². The first kappa shape index (κ1) is 73.8. The number of esters is 1. The minimum absolute atomic E-state index is 0.0141. The average Bonchev–Trinajstić information content (AvgIpc) is 2.22. The molecule has 24 heteroatoms. The number of amides is 2. The summed E-state index contributed by atoms with van der Waals surface area (Å²) in [7, 11) is 3.08. The van der Waals surface area contributed by atoms with E-state index in [9.17, 15) is 44.8 Å². The van der Waals surface area contributed by atoms with E-state index in [2.05, 4.69) is 15.3 Å². The topological polar surface area (TPSA) is 328 Å². The molecule has 0 spiro atoms. The second-order valence-electron chi connectivity index (χ2n) is 23.4. The van der Waals surface area contributed by atoms with Crippen LogP contribution in [0.1, 0.15) is 126 Å². The number of fused-ring (bicyclic) bond motifs is 3. The van der Waals surface area contributed by atoms with Crippen molar-refractivity contribution in [1.82, 2.24) is 10.2 Å². The highest BCUT2D eigenvalue weighted by Crippen LogP contribution is 2.38. The van der Waals surface area contributed by atoms with Crippen LogP contribution < -0.4 is 11.1 Å². The second kappa shape index (κ2) is 39.4. The third-order valence-corrected chi connectivity index (χ3v) is 16.8. The molecule has 24 nitrogen and oxygen atoms in total. The van der Waals surface area contributed by atoms with Crippen LogP contribution in [0.15, 0.2) is 52.7 Å². The van der Waals surface area contributed by atoms with Gasteiger partial charge >= 0.3 is 12.1 Å². The molecule has 488 valence electrons. The smallest absolute Gasteiger partial charge is 0.407 e. The summed E-state index contributed by atoms with van der Waals surface area (Å²) < 4.78 is 57.3. The Morgan fingerprint density at radius 3 is 2.12 bits per heavy atom. The van der Waals surface area contributed by atoms with Crippen LogP contribution in [0.25, 0.3) is 10.4 Å². The SMILES string of the molecule is CCOCCOCCOCCOCCOCCNC(=O)O[C@@H]1CCC(C[C@@H](N)[C@@H]2CC(N=[N+]=[N-])[C@H](C)/C=C(\C)[C@@H](O)[C@@H](O)C(=O)[C@H](C)C[C@H](C)/C=C/C=C/C=C(\C)[C@@H](OC)C[C@@H]3CC[C@@H](C)[C@@](O)(O3)C(=O)C(=O)N3CCCC[C@H]3C(=O)O2)C[C@H]1OC. The van der Waals surface area contributed by atoms with Crippen molar-refractivity contribution >= 4 is 29.5 Å². The number of nitrogens with two attached hydrogens (primary N) is 1. The Morgan fingerprint density at radius 1 is 0.814 bits per heavy atom. The Morgan fingerprint density at radius 2 is 1.48 bits per heavy atom. The van der Waals surface area contributed by atoms with Gasteiger partial charge in [-0.15, -0.1) is 0 Å². The number of hydrogen-bond acceptors (Lipinski definition) is 20. The molecule has 0 radical (unpaired) electrons. The third-order valence-electron chi connectivity index (χ3n) is 16.8. The highest BCUT2D eigenvalue weighted by molar-refractivity contribution is 6.39. The van der Waals surface area contributed by atoms with Gasteiger partial charge in [-0.05, 0) is 126 Å². The number of nitrogens with zero attached hydrogens (tertiary/aromatic N) is 4. The van der Waals surface area contributed by atoms with Gasteiger partial charge in [0.15, 0.2) is 5.78 Å². The number of cyclic esters (lactones) is 1. The van der Waals surface area contributed by atoms with Gasteiger partial charge in [0, 0.05) is 69.2 Å². The number of piperidine rings is 1. The largest absolute Gasteiger partial charge is 0.459 e. The molecule has 2 bridgehead atoms. The van der Waals surface area contributed by atoms with Crippen LogP contribution in [0, 0.1) is 29.6 Å². The molecule has 4 aliphatic rings. The lowest BCUT2D eigenvalue weighted by atomic mass is 9.80. The number of aliphatic hydroxyl groups excluding tert-OH is 2. The van der Waals surface area contributed by atoms with Gasteiger partial charge in [-0.3, -0.25) is 14.4 Å². The Bertz CT molecular complexity index is 2260. The molecular formula is C62H102N6O18. The molecule has 2 saturated heterocycles. The summed E-state index contributed by atoms with van der Waals surface area (Å²) in [6.07, 6.45) is 7.70. The van der Waals surface area contributed by atoms with E-state index < -0.39 is 114 Å².